The first-order valence-electron chi connectivity index (χ1n) is 6.26. The summed E-state index contributed by atoms with van der Waals surface area (Å²) in [6.07, 6.45) is 3.77. The van der Waals surface area contributed by atoms with Crippen LogP contribution in [0.2, 0.25) is 0 Å². The SMILES string of the molecule is CCCN(CCCCC(C)(C)C#N)CC(=O)O. The standard InChI is InChI=1S/C13H24N2O2/c1-4-8-15(10-12(16)17)9-6-5-7-13(2,3)11-14/h4-10H2,1-3H3,(H,16,17). The van der Waals surface area contributed by atoms with Crippen molar-refractivity contribution >= 4 is 5.97 Å². The zero-order valence-electron chi connectivity index (χ0n) is 11.2. The summed E-state index contributed by atoms with van der Waals surface area (Å²) in [5.41, 5.74) is -0.262. The molecular formula is C13H24N2O2. The molecular weight excluding hydrogens is 216 g/mol. The van der Waals surface area contributed by atoms with Crippen molar-refractivity contribution in [2.24, 2.45) is 5.41 Å². The smallest absolute Gasteiger partial charge is 0.317 e. The van der Waals surface area contributed by atoms with Gasteiger partial charge >= 0.3 is 5.97 Å². The van der Waals surface area contributed by atoms with Crippen LogP contribution < -0.4 is 0 Å². The highest BCUT2D eigenvalue weighted by molar-refractivity contribution is 5.69. The van der Waals surface area contributed by atoms with Crippen LogP contribution in [-0.2, 0) is 4.79 Å². The maximum absolute atomic E-state index is 10.6. The van der Waals surface area contributed by atoms with Crippen molar-refractivity contribution in [1.82, 2.24) is 4.90 Å². The Balaban J connectivity index is 3.83. The predicted molar refractivity (Wildman–Crippen MR) is 67.6 cm³/mol. The number of nitriles is 1. The lowest BCUT2D eigenvalue weighted by Crippen LogP contribution is -2.31. The van der Waals surface area contributed by atoms with E-state index in [2.05, 4.69) is 6.07 Å². The third kappa shape index (κ3) is 8.70. The molecule has 0 aliphatic heterocycles. The molecule has 17 heavy (non-hydrogen) atoms. The van der Waals surface area contributed by atoms with Gasteiger partial charge in [0.15, 0.2) is 0 Å². The molecule has 4 heteroatoms. The molecule has 0 saturated carbocycles. The molecule has 0 atom stereocenters. The maximum atomic E-state index is 10.6. The molecule has 0 radical (unpaired) electrons. The van der Waals surface area contributed by atoms with Crippen LogP contribution >= 0.6 is 0 Å². The topological polar surface area (TPSA) is 64.3 Å². The summed E-state index contributed by atoms with van der Waals surface area (Å²) >= 11 is 0. The van der Waals surface area contributed by atoms with E-state index in [9.17, 15) is 4.79 Å². The summed E-state index contributed by atoms with van der Waals surface area (Å²) < 4.78 is 0. The molecule has 0 aromatic heterocycles. The Bertz CT molecular complexity index is 269. The Labute approximate surface area is 104 Å². The molecule has 0 aliphatic rings. The van der Waals surface area contributed by atoms with Crippen LogP contribution in [0.15, 0.2) is 0 Å². The van der Waals surface area contributed by atoms with E-state index < -0.39 is 5.97 Å². The van der Waals surface area contributed by atoms with E-state index in [1.807, 2.05) is 25.7 Å². The van der Waals surface area contributed by atoms with Crippen molar-refractivity contribution in [3.05, 3.63) is 0 Å². The molecule has 0 rings (SSSR count). The van der Waals surface area contributed by atoms with Gasteiger partial charge in [0.2, 0.25) is 0 Å². The van der Waals surface area contributed by atoms with Crippen molar-refractivity contribution in [1.29, 1.82) is 5.26 Å². The molecule has 0 aromatic rings. The number of unbranched alkanes of at least 4 members (excludes halogenated alkanes) is 1. The van der Waals surface area contributed by atoms with Crippen LogP contribution in [0.5, 0.6) is 0 Å². The molecule has 0 saturated heterocycles. The maximum Gasteiger partial charge on any atom is 0.317 e. The van der Waals surface area contributed by atoms with Crippen molar-refractivity contribution in [2.75, 3.05) is 19.6 Å². The largest absolute Gasteiger partial charge is 0.480 e. The number of nitrogens with zero attached hydrogens (tertiary/aromatic N) is 2. The molecule has 0 aromatic carbocycles. The highest BCUT2D eigenvalue weighted by Crippen LogP contribution is 2.21. The number of hydrogen-bond acceptors (Lipinski definition) is 3. The van der Waals surface area contributed by atoms with Crippen molar-refractivity contribution < 1.29 is 9.90 Å². The fourth-order valence-corrected chi connectivity index (χ4v) is 1.74. The predicted octanol–water partition coefficient (Wildman–Crippen LogP) is 2.50. The van der Waals surface area contributed by atoms with Gasteiger partial charge in [-0.05, 0) is 46.2 Å². The van der Waals surface area contributed by atoms with Gasteiger partial charge in [-0.15, -0.1) is 0 Å². The van der Waals surface area contributed by atoms with Gasteiger partial charge in [-0.2, -0.15) is 5.26 Å². The average molecular weight is 240 g/mol. The normalized spacial score (nSPS) is 11.5. The lowest BCUT2D eigenvalue weighted by atomic mass is 9.89. The van der Waals surface area contributed by atoms with Crippen LogP contribution in [0.1, 0.15) is 46.5 Å². The van der Waals surface area contributed by atoms with Crippen LogP contribution in [0.25, 0.3) is 0 Å². The van der Waals surface area contributed by atoms with Gasteiger partial charge in [-0.1, -0.05) is 13.3 Å². The minimum absolute atomic E-state index is 0.121. The Morgan fingerprint density at radius 1 is 1.35 bits per heavy atom. The van der Waals surface area contributed by atoms with E-state index >= 15 is 0 Å². The molecule has 0 amide bonds. The third-order valence-corrected chi connectivity index (χ3v) is 2.73. The zero-order chi connectivity index (χ0) is 13.3. The quantitative estimate of drug-likeness (QED) is 0.629. The lowest BCUT2D eigenvalue weighted by molar-refractivity contribution is -0.138. The zero-order valence-corrected chi connectivity index (χ0v) is 11.2. The van der Waals surface area contributed by atoms with Gasteiger partial charge in [0.25, 0.3) is 0 Å². The fraction of sp³-hybridized carbons (Fsp3) is 0.846. The summed E-state index contributed by atoms with van der Waals surface area (Å²) in [4.78, 5) is 12.6. The average Bonchev–Trinajstić information content (AvgIpc) is 2.24. The molecule has 98 valence electrons. The summed E-state index contributed by atoms with van der Waals surface area (Å²) in [6, 6.07) is 2.28. The van der Waals surface area contributed by atoms with Gasteiger partial charge in [0.05, 0.1) is 18.0 Å². The van der Waals surface area contributed by atoms with Crippen molar-refractivity contribution in [3.8, 4) is 6.07 Å². The molecule has 4 nitrogen and oxygen atoms in total. The fourth-order valence-electron chi connectivity index (χ4n) is 1.74. The van der Waals surface area contributed by atoms with E-state index in [4.69, 9.17) is 10.4 Å². The number of rotatable bonds is 9. The highest BCUT2D eigenvalue weighted by atomic mass is 16.4. The highest BCUT2D eigenvalue weighted by Gasteiger charge is 2.16. The van der Waals surface area contributed by atoms with Crippen LogP contribution in [-0.4, -0.2) is 35.6 Å². The second kappa shape index (κ2) is 8.08. The molecule has 0 unspecified atom stereocenters. The first kappa shape index (κ1) is 15.9. The van der Waals surface area contributed by atoms with Gasteiger partial charge in [0.1, 0.15) is 0 Å². The summed E-state index contributed by atoms with van der Waals surface area (Å²) in [5, 5.41) is 17.6. The Kier molecular flexibility index (Phi) is 7.56. The van der Waals surface area contributed by atoms with E-state index in [-0.39, 0.29) is 12.0 Å². The number of hydrogen-bond donors (Lipinski definition) is 1. The Morgan fingerprint density at radius 2 is 2.00 bits per heavy atom. The Morgan fingerprint density at radius 3 is 2.47 bits per heavy atom. The minimum atomic E-state index is -0.768. The van der Waals surface area contributed by atoms with E-state index in [1.54, 1.807) is 0 Å². The molecule has 0 spiro atoms. The van der Waals surface area contributed by atoms with Crippen LogP contribution in [0.3, 0.4) is 0 Å². The summed E-state index contributed by atoms with van der Waals surface area (Å²) in [5.74, 6) is -0.768. The Hall–Kier alpha value is -1.08. The van der Waals surface area contributed by atoms with E-state index in [0.717, 1.165) is 38.8 Å². The first-order valence-corrected chi connectivity index (χ1v) is 6.26. The third-order valence-electron chi connectivity index (χ3n) is 2.73. The monoisotopic (exact) mass is 240 g/mol. The van der Waals surface area contributed by atoms with Crippen molar-refractivity contribution in [3.63, 3.8) is 0 Å². The molecule has 0 fully saturated rings. The number of carboxylic acid groups (broad SMARTS) is 1. The number of carbonyl (C=O) groups is 1. The number of carboxylic acids is 1. The van der Waals surface area contributed by atoms with Crippen LogP contribution in [0.4, 0.5) is 0 Å². The summed E-state index contributed by atoms with van der Waals surface area (Å²) in [6.45, 7) is 7.68. The minimum Gasteiger partial charge on any atom is -0.480 e. The first-order chi connectivity index (χ1) is 7.91. The van der Waals surface area contributed by atoms with Gasteiger partial charge in [-0.25, -0.2) is 0 Å². The molecule has 1 N–H and O–H groups in total. The lowest BCUT2D eigenvalue weighted by Gasteiger charge is -2.20. The number of aliphatic carboxylic acids is 1. The van der Waals surface area contributed by atoms with Gasteiger partial charge < -0.3 is 5.11 Å². The second-order valence-corrected chi connectivity index (χ2v) is 5.12. The van der Waals surface area contributed by atoms with Crippen molar-refractivity contribution in [2.45, 2.75) is 46.5 Å². The van der Waals surface area contributed by atoms with E-state index in [1.165, 1.54) is 0 Å². The second-order valence-electron chi connectivity index (χ2n) is 5.12. The van der Waals surface area contributed by atoms with E-state index in [0.29, 0.717) is 0 Å². The molecule has 0 aliphatic carbocycles. The molecule has 0 heterocycles. The summed E-state index contributed by atoms with van der Waals surface area (Å²) in [7, 11) is 0. The van der Waals surface area contributed by atoms with Gasteiger partial charge in [-0.3, -0.25) is 9.69 Å². The van der Waals surface area contributed by atoms with Gasteiger partial charge in [0, 0.05) is 0 Å². The van der Waals surface area contributed by atoms with Crippen LogP contribution in [0, 0.1) is 16.7 Å². The molecule has 0 bridgehead atoms.